The van der Waals surface area contributed by atoms with E-state index in [1.54, 1.807) is 23.9 Å². The van der Waals surface area contributed by atoms with Crippen LogP contribution in [0.4, 0.5) is 0 Å². The van der Waals surface area contributed by atoms with Crippen LogP contribution in [0.2, 0.25) is 0 Å². The van der Waals surface area contributed by atoms with Gasteiger partial charge in [-0.3, -0.25) is 9.10 Å². The Bertz CT molecular complexity index is 255. The Morgan fingerprint density at radius 2 is 2.54 bits per heavy atom. The zero-order valence-electron chi connectivity index (χ0n) is 7.52. The first-order chi connectivity index (χ1) is 6.33. The Hall–Kier alpha value is -0.160. The molecule has 0 N–H and O–H groups in total. The highest BCUT2D eigenvalue weighted by Gasteiger charge is 2.36. The van der Waals surface area contributed by atoms with Crippen LogP contribution < -0.4 is 0 Å². The number of amides is 1. The summed E-state index contributed by atoms with van der Waals surface area (Å²) in [4.78, 5) is 11.7. The molecule has 1 saturated heterocycles. The molecule has 0 aromatic heterocycles. The quantitative estimate of drug-likeness (QED) is 0.657. The summed E-state index contributed by atoms with van der Waals surface area (Å²) in [6, 6.07) is 0. The molecule has 0 spiro atoms. The fourth-order valence-corrected chi connectivity index (χ4v) is 3.40. The lowest BCUT2D eigenvalue weighted by molar-refractivity contribution is -0.126. The Morgan fingerprint density at radius 1 is 1.69 bits per heavy atom. The standard InChI is InChI=1S/C8H12N2OS2/c1-2-10-8(11)6(5-13-10)7-3-4-12-9-7/h6H,2-5H2,1H3. The third-order valence-corrected chi connectivity index (χ3v) is 4.24. The maximum atomic E-state index is 11.7. The molecule has 0 bridgehead atoms. The van der Waals surface area contributed by atoms with E-state index in [0.717, 1.165) is 30.2 Å². The van der Waals surface area contributed by atoms with Gasteiger partial charge in [-0.15, -0.1) is 0 Å². The summed E-state index contributed by atoms with van der Waals surface area (Å²) in [5.74, 6) is 2.29. The smallest absolute Gasteiger partial charge is 0.242 e. The van der Waals surface area contributed by atoms with Gasteiger partial charge in [0.25, 0.3) is 0 Å². The third kappa shape index (κ3) is 1.72. The van der Waals surface area contributed by atoms with Crippen molar-refractivity contribution < 1.29 is 4.79 Å². The van der Waals surface area contributed by atoms with E-state index in [4.69, 9.17) is 0 Å². The maximum absolute atomic E-state index is 11.7. The molecule has 13 heavy (non-hydrogen) atoms. The Balaban J connectivity index is 2.05. The second-order valence-corrected chi connectivity index (χ2v) is 4.93. The van der Waals surface area contributed by atoms with Crippen LogP contribution in [-0.2, 0) is 4.79 Å². The van der Waals surface area contributed by atoms with Gasteiger partial charge in [0.15, 0.2) is 0 Å². The number of hydrogen-bond acceptors (Lipinski definition) is 4. The van der Waals surface area contributed by atoms with Crippen LogP contribution in [0, 0.1) is 5.92 Å². The predicted octanol–water partition coefficient (Wildman–Crippen LogP) is 1.61. The minimum absolute atomic E-state index is 0.0833. The van der Waals surface area contributed by atoms with Gasteiger partial charge in [0.05, 0.1) is 5.92 Å². The summed E-state index contributed by atoms with van der Waals surface area (Å²) in [6.45, 7) is 2.82. The largest absolute Gasteiger partial charge is 0.286 e. The molecule has 0 radical (unpaired) electrons. The number of rotatable bonds is 2. The fourth-order valence-electron chi connectivity index (χ4n) is 1.52. The molecule has 3 nitrogen and oxygen atoms in total. The van der Waals surface area contributed by atoms with Crippen molar-refractivity contribution >= 4 is 35.5 Å². The average Bonchev–Trinajstić information content (AvgIpc) is 2.72. The molecule has 1 amide bonds. The minimum Gasteiger partial charge on any atom is -0.286 e. The van der Waals surface area contributed by atoms with Gasteiger partial charge in [-0.05, 0) is 37.2 Å². The highest BCUT2D eigenvalue weighted by molar-refractivity contribution is 7.98. The maximum Gasteiger partial charge on any atom is 0.242 e. The first kappa shape index (κ1) is 9.40. The van der Waals surface area contributed by atoms with Crippen LogP contribution >= 0.6 is 23.9 Å². The van der Waals surface area contributed by atoms with E-state index < -0.39 is 0 Å². The molecule has 2 heterocycles. The van der Waals surface area contributed by atoms with E-state index in [9.17, 15) is 4.79 Å². The average molecular weight is 216 g/mol. The van der Waals surface area contributed by atoms with Gasteiger partial charge in [0, 0.05) is 23.8 Å². The molecule has 1 atom stereocenters. The van der Waals surface area contributed by atoms with Crippen molar-refractivity contribution in [3.05, 3.63) is 0 Å². The third-order valence-electron chi connectivity index (χ3n) is 2.26. The highest BCUT2D eigenvalue weighted by Crippen LogP contribution is 2.31. The minimum atomic E-state index is 0.0833. The summed E-state index contributed by atoms with van der Waals surface area (Å²) in [5, 5.41) is 0. The van der Waals surface area contributed by atoms with Gasteiger partial charge in [0.1, 0.15) is 0 Å². The number of carbonyl (C=O) groups excluding carboxylic acids is 1. The molecule has 0 aromatic rings. The highest BCUT2D eigenvalue weighted by atomic mass is 32.2. The molecule has 2 rings (SSSR count). The summed E-state index contributed by atoms with van der Waals surface area (Å²) in [6.07, 6.45) is 0.999. The van der Waals surface area contributed by atoms with Crippen molar-refractivity contribution in [2.75, 3.05) is 18.1 Å². The lowest BCUT2D eigenvalue weighted by Gasteiger charge is -2.11. The second kappa shape index (κ2) is 3.92. The number of carbonyl (C=O) groups is 1. The Morgan fingerprint density at radius 3 is 3.08 bits per heavy atom. The van der Waals surface area contributed by atoms with Gasteiger partial charge in [0.2, 0.25) is 5.91 Å². The van der Waals surface area contributed by atoms with Crippen LogP contribution in [-0.4, -0.2) is 34.0 Å². The Labute approximate surface area is 86.6 Å². The monoisotopic (exact) mass is 216 g/mol. The molecule has 1 fully saturated rings. The van der Waals surface area contributed by atoms with E-state index in [1.807, 2.05) is 11.2 Å². The predicted molar refractivity (Wildman–Crippen MR) is 57.8 cm³/mol. The SMILES string of the molecule is CCN1SCC(C2=NSCC2)C1=O. The van der Waals surface area contributed by atoms with E-state index in [-0.39, 0.29) is 11.8 Å². The van der Waals surface area contributed by atoms with E-state index in [2.05, 4.69) is 4.40 Å². The van der Waals surface area contributed by atoms with Gasteiger partial charge < -0.3 is 0 Å². The van der Waals surface area contributed by atoms with Crippen LogP contribution in [0.15, 0.2) is 4.40 Å². The van der Waals surface area contributed by atoms with E-state index >= 15 is 0 Å². The van der Waals surface area contributed by atoms with Crippen LogP contribution in [0.25, 0.3) is 0 Å². The molecule has 0 aliphatic carbocycles. The Kier molecular flexibility index (Phi) is 2.83. The molecule has 5 heteroatoms. The first-order valence-electron chi connectivity index (χ1n) is 4.46. The van der Waals surface area contributed by atoms with Gasteiger partial charge >= 0.3 is 0 Å². The second-order valence-electron chi connectivity index (χ2n) is 3.05. The molecule has 2 aliphatic heterocycles. The summed E-state index contributed by atoms with van der Waals surface area (Å²) in [5.41, 5.74) is 1.11. The van der Waals surface area contributed by atoms with Crippen molar-refractivity contribution in [2.45, 2.75) is 13.3 Å². The van der Waals surface area contributed by atoms with Crippen molar-refractivity contribution in [1.29, 1.82) is 0 Å². The van der Waals surface area contributed by atoms with Crippen molar-refractivity contribution in [1.82, 2.24) is 4.31 Å². The number of nitrogens with zero attached hydrogens (tertiary/aromatic N) is 2. The van der Waals surface area contributed by atoms with E-state index in [0.29, 0.717) is 0 Å². The normalized spacial score (nSPS) is 28.4. The molecule has 2 aliphatic rings. The first-order valence-corrected chi connectivity index (χ1v) is 6.34. The summed E-state index contributed by atoms with van der Waals surface area (Å²) in [7, 11) is 0. The van der Waals surface area contributed by atoms with Crippen molar-refractivity contribution in [3.63, 3.8) is 0 Å². The van der Waals surface area contributed by atoms with Crippen LogP contribution in [0.1, 0.15) is 13.3 Å². The van der Waals surface area contributed by atoms with Crippen molar-refractivity contribution in [3.8, 4) is 0 Å². The molecule has 0 saturated carbocycles. The zero-order chi connectivity index (χ0) is 9.26. The zero-order valence-corrected chi connectivity index (χ0v) is 9.16. The summed E-state index contributed by atoms with van der Waals surface area (Å²) < 4.78 is 6.15. The van der Waals surface area contributed by atoms with Crippen LogP contribution in [0.5, 0.6) is 0 Å². The van der Waals surface area contributed by atoms with Gasteiger partial charge in [-0.25, -0.2) is 4.40 Å². The molecular formula is C8H12N2OS2. The lowest BCUT2D eigenvalue weighted by Crippen LogP contribution is -2.28. The molecule has 1 unspecified atom stereocenters. The van der Waals surface area contributed by atoms with Crippen LogP contribution in [0.3, 0.4) is 0 Å². The topological polar surface area (TPSA) is 32.7 Å². The summed E-state index contributed by atoms with van der Waals surface area (Å²) >= 11 is 3.23. The lowest BCUT2D eigenvalue weighted by atomic mass is 10.0. The molecular weight excluding hydrogens is 204 g/mol. The number of hydrogen-bond donors (Lipinski definition) is 0. The van der Waals surface area contributed by atoms with Crippen molar-refractivity contribution in [2.24, 2.45) is 10.3 Å². The molecule has 0 aromatic carbocycles. The molecule has 72 valence electrons. The van der Waals surface area contributed by atoms with Gasteiger partial charge in [-0.2, -0.15) is 0 Å². The van der Waals surface area contributed by atoms with E-state index in [1.165, 1.54) is 0 Å². The van der Waals surface area contributed by atoms with Gasteiger partial charge in [-0.1, -0.05) is 0 Å². The fraction of sp³-hybridized carbons (Fsp3) is 0.750.